The lowest BCUT2D eigenvalue weighted by atomic mass is 10.4. The number of nitrogens with zero attached hydrogens (tertiary/aromatic N) is 4. The summed E-state index contributed by atoms with van der Waals surface area (Å²) in [6.07, 6.45) is 1.34. The summed E-state index contributed by atoms with van der Waals surface area (Å²) in [5.74, 6) is -0.232. The Morgan fingerprint density at radius 1 is 1.60 bits per heavy atom. The van der Waals surface area contributed by atoms with Crippen molar-refractivity contribution in [3.8, 4) is 0 Å². The topological polar surface area (TPSA) is 88.8 Å². The first-order valence-electron chi connectivity index (χ1n) is 6.12. The molecule has 0 aromatic carbocycles. The van der Waals surface area contributed by atoms with E-state index in [4.69, 9.17) is 4.74 Å². The molecule has 2 aromatic heterocycles. The van der Waals surface area contributed by atoms with Crippen LogP contribution in [0.3, 0.4) is 0 Å². The van der Waals surface area contributed by atoms with E-state index in [1.165, 1.54) is 16.2 Å². The maximum Gasteiger partial charge on any atom is 0.410 e. The number of carbonyl (C=O) groups excluding carboxylic acids is 2. The molecule has 0 aliphatic carbocycles. The molecule has 20 heavy (non-hydrogen) atoms. The van der Waals surface area contributed by atoms with Crippen LogP contribution in [0, 0.1) is 6.92 Å². The van der Waals surface area contributed by atoms with Crippen molar-refractivity contribution >= 4 is 28.3 Å². The third-order valence-corrected chi connectivity index (χ3v) is 3.68. The van der Waals surface area contributed by atoms with E-state index in [2.05, 4.69) is 15.4 Å². The Kier molecular flexibility index (Phi) is 3.26. The van der Waals surface area contributed by atoms with Crippen molar-refractivity contribution in [2.45, 2.75) is 13.5 Å². The fourth-order valence-electron chi connectivity index (χ4n) is 1.92. The van der Waals surface area contributed by atoms with Gasteiger partial charge >= 0.3 is 6.09 Å². The van der Waals surface area contributed by atoms with E-state index >= 15 is 0 Å². The summed E-state index contributed by atoms with van der Waals surface area (Å²) in [7, 11) is 0. The quantitative estimate of drug-likeness (QED) is 0.868. The van der Waals surface area contributed by atoms with Crippen molar-refractivity contribution < 1.29 is 14.3 Å². The van der Waals surface area contributed by atoms with Crippen LogP contribution in [0.15, 0.2) is 6.20 Å². The van der Waals surface area contributed by atoms with Crippen LogP contribution in [0.25, 0.3) is 4.96 Å². The van der Waals surface area contributed by atoms with Crippen LogP contribution >= 0.6 is 11.3 Å². The van der Waals surface area contributed by atoms with Crippen LogP contribution in [-0.2, 0) is 16.1 Å². The summed E-state index contributed by atoms with van der Waals surface area (Å²) in [5.41, 5.74) is 0.737. The average Bonchev–Trinajstić information content (AvgIpc) is 3.03. The summed E-state index contributed by atoms with van der Waals surface area (Å²) in [4.78, 5) is 29.4. The molecular formula is C11H13N5O3S. The van der Waals surface area contributed by atoms with Crippen LogP contribution in [-0.4, -0.2) is 51.2 Å². The van der Waals surface area contributed by atoms with E-state index in [9.17, 15) is 9.59 Å². The molecule has 3 heterocycles. The standard InChI is InChI=1S/C11H13N5O3S/c1-7-14-16-5-8(13-10(16)20-7)4-12-9(17)6-15-2-3-19-11(15)18/h5H,2-4,6H2,1H3,(H,12,17). The molecule has 0 unspecified atom stereocenters. The van der Waals surface area contributed by atoms with Gasteiger partial charge in [0.2, 0.25) is 10.9 Å². The number of amides is 2. The van der Waals surface area contributed by atoms with Crippen LogP contribution in [0.2, 0.25) is 0 Å². The van der Waals surface area contributed by atoms with Crippen LogP contribution in [0.4, 0.5) is 4.79 Å². The summed E-state index contributed by atoms with van der Waals surface area (Å²) in [6, 6.07) is 0. The van der Waals surface area contributed by atoms with Gasteiger partial charge in [-0.15, -0.1) is 0 Å². The third-order valence-electron chi connectivity index (χ3n) is 2.84. The number of rotatable bonds is 4. The maximum atomic E-state index is 11.7. The van der Waals surface area contributed by atoms with E-state index < -0.39 is 6.09 Å². The molecule has 0 radical (unpaired) electrons. The number of ether oxygens (including phenoxy) is 1. The Hall–Kier alpha value is -2.16. The first-order valence-corrected chi connectivity index (χ1v) is 6.93. The highest BCUT2D eigenvalue weighted by atomic mass is 32.1. The molecule has 3 rings (SSSR count). The van der Waals surface area contributed by atoms with Crippen molar-refractivity contribution in [3.05, 3.63) is 16.9 Å². The molecule has 2 amide bonds. The Morgan fingerprint density at radius 2 is 2.45 bits per heavy atom. The van der Waals surface area contributed by atoms with Crippen LogP contribution < -0.4 is 5.32 Å². The van der Waals surface area contributed by atoms with Gasteiger partial charge in [0.1, 0.15) is 18.2 Å². The number of nitrogens with one attached hydrogen (secondary N) is 1. The molecule has 2 aromatic rings. The highest BCUT2D eigenvalue weighted by Gasteiger charge is 2.23. The number of hydrogen-bond acceptors (Lipinski definition) is 6. The lowest BCUT2D eigenvalue weighted by Gasteiger charge is -2.11. The molecule has 1 fully saturated rings. The zero-order valence-corrected chi connectivity index (χ0v) is 11.6. The summed E-state index contributed by atoms with van der Waals surface area (Å²) >= 11 is 1.49. The van der Waals surface area contributed by atoms with Crippen molar-refractivity contribution in [1.82, 2.24) is 24.8 Å². The van der Waals surface area contributed by atoms with Crippen LogP contribution in [0.1, 0.15) is 10.7 Å². The largest absolute Gasteiger partial charge is 0.448 e. The molecule has 1 aliphatic heterocycles. The van der Waals surface area contributed by atoms with Crippen molar-refractivity contribution in [2.24, 2.45) is 0 Å². The maximum absolute atomic E-state index is 11.7. The van der Waals surface area contributed by atoms with E-state index in [0.29, 0.717) is 19.7 Å². The zero-order valence-electron chi connectivity index (χ0n) is 10.8. The smallest absolute Gasteiger partial charge is 0.410 e. The van der Waals surface area contributed by atoms with E-state index in [1.807, 2.05) is 6.92 Å². The van der Waals surface area contributed by atoms with Crippen LogP contribution in [0.5, 0.6) is 0 Å². The number of aromatic nitrogens is 3. The molecule has 0 spiro atoms. The number of imidazole rings is 1. The molecule has 0 bridgehead atoms. The van der Waals surface area contributed by atoms with Crippen molar-refractivity contribution in [2.75, 3.05) is 19.7 Å². The molecular weight excluding hydrogens is 282 g/mol. The number of carbonyl (C=O) groups is 2. The molecule has 1 N–H and O–H groups in total. The van der Waals surface area contributed by atoms with E-state index in [0.717, 1.165) is 15.7 Å². The average molecular weight is 295 g/mol. The van der Waals surface area contributed by atoms with Gasteiger partial charge in [-0.2, -0.15) is 5.10 Å². The minimum Gasteiger partial charge on any atom is -0.448 e. The lowest BCUT2D eigenvalue weighted by Crippen LogP contribution is -2.37. The Morgan fingerprint density at radius 3 is 3.15 bits per heavy atom. The van der Waals surface area contributed by atoms with Gasteiger partial charge < -0.3 is 10.1 Å². The molecule has 0 saturated carbocycles. The Bertz CT molecular complexity index is 633. The third kappa shape index (κ3) is 2.57. The predicted molar refractivity (Wildman–Crippen MR) is 70.4 cm³/mol. The van der Waals surface area contributed by atoms with Gasteiger partial charge in [0.15, 0.2) is 0 Å². The minimum absolute atomic E-state index is 0.0123. The van der Waals surface area contributed by atoms with Gasteiger partial charge in [-0.05, 0) is 6.92 Å². The molecule has 8 nitrogen and oxygen atoms in total. The minimum atomic E-state index is -0.442. The van der Waals surface area contributed by atoms with Gasteiger partial charge in [-0.1, -0.05) is 11.3 Å². The predicted octanol–water partition coefficient (Wildman–Crippen LogP) is 0.168. The van der Waals surface area contributed by atoms with Gasteiger partial charge in [-0.25, -0.2) is 14.3 Å². The van der Waals surface area contributed by atoms with Gasteiger partial charge in [0.25, 0.3) is 0 Å². The zero-order chi connectivity index (χ0) is 14.1. The molecule has 1 saturated heterocycles. The Labute approximate surface area is 118 Å². The van der Waals surface area contributed by atoms with Gasteiger partial charge in [-0.3, -0.25) is 9.69 Å². The highest BCUT2D eigenvalue weighted by Crippen LogP contribution is 2.13. The summed E-state index contributed by atoms with van der Waals surface area (Å²) in [5, 5.41) is 7.91. The monoisotopic (exact) mass is 295 g/mol. The number of hydrogen-bond donors (Lipinski definition) is 1. The first-order chi connectivity index (χ1) is 9.61. The SMILES string of the molecule is Cc1nn2cc(CNC(=O)CN3CCOC3=O)nc2s1. The van der Waals surface area contributed by atoms with Gasteiger partial charge in [0, 0.05) is 0 Å². The second kappa shape index (κ2) is 5.08. The van der Waals surface area contributed by atoms with Crippen molar-refractivity contribution in [3.63, 3.8) is 0 Å². The molecule has 1 aliphatic rings. The van der Waals surface area contributed by atoms with Crippen molar-refractivity contribution in [1.29, 1.82) is 0 Å². The number of cyclic esters (lactones) is 1. The molecule has 9 heteroatoms. The number of aryl methyl sites for hydroxylation is 1. The fourth-order valence-corrected chi connectivity index (χ4v) is 2.66. The first kappa shape index (κ1) is 12.9. The highest BCUT2D eigenvalue weighted by molar-refractivity contribution is 7.16. The Balaban J connectivity index is 1.54. The summed E-state index contributed by atoms with van der Waals surface area (Å²) < 4.78 is 6.45. The van der Waals surface area contributed by atoms with Gasteiger partial charge in [0.05, 0.1) is 25.0 Å². The second-order valence-corrected chi connectivity index (χ2v) is 5.55. The number of fused-ring (bicyclic) bond motifs is 1. The lowest BCUT2D eigenvalue weighted by molar-refractivity contribution is -0.121. The summed E-state index contributed by atoms with van der Waals surface area (Å²) in [6.45, 7) is 3.04. The normalized spacial score (nSPS) is 14.8. The van der Waals surface area contributed by atoms with E-state index in [1.54, 1.807) is 10.7 Å². The van der Waals surface area contributed by atoms with E-state index in [-0.39, 0.29) is 12.5 Å². The second-order valence-electron chi connectivity index (χ2n) is 4.39. The molecule has 106 valence electrons. The molecule has 0 atom stereocenters. The fraction of sp³-hybridized carbons (Fsp3) is 0.455.